The molecule has 8 rings (SSSR count). The third kappa shape index (κ3) is 6.50. The zero-order valence-electron chi connectivity index (χ0n) is 27.1. The third-order valence-corrected chi connectivity index (χ3v) is 9.23. The molecule has 4 heterocycles. The number of nitrogens with one attached hydrogen (secondary N) is 2. The zero-order valence-corrected chi connectivity index (χ0v) is 28.6. The van der Waals surface area contributed by atoms with Gasteiger partial charge in [-0.2, -0.15) is 0 Å². The van der Waals surface area contributed by atoms with Crippen LogP contribution >= 0.6 is 23.2 Å². The van der Waals surface area contributed by atoms with Crippen LogP contribution in [0.3, 0.4) is 0 Å². The van der Waals surface area contributed by atoms with E-state index in [1.165, 1.54) is 6.26 Å². The van der Waals surface area contributed by atoms with E-state index >= 15 is 0 Å². The Morgan fingerprint density at radius 2 is 1.31 bits per heavy atom. The third-order valence-electron chi connectivity index (χ3n) is 8.72. The van der Waals surface area contributed by atoms with Crippen LogP contribution in [-0.2, 0) is 13.1 Å². The molecule has 2 N–H and O–H groups in total. The van der Waals surface area contributed by atoms with Crippen molar-refractivity contribution in [2.24, 2.45) is 0 Å². The van der Waals surface area contributed by atoms with E-state index < -0.39 is 5.91 Å². The number of anilines is 2. The summed E-state index contributed by atoms with van der Waals surface area (Å²) in [4.78, 5) is 26.7. The molecule has 0 unspecified atom stereocenters. The maximum Gasteiger partial charge on any atom is 0.294 e. The normalized spacial score (nSPS) is 11.4. The molecule has 8 aromatic rings. The van der Waals surface area contributed by atoms with Gasteiger partial charge in [-0.3, -0.25) is 9.59 Å². The molecule has 0 spiro atoms. The van der Waals surface area contributed by atoms with E-state index in [1.807, 2.05) is 108 Å². The monoisotopic (exact) mass is 714 g/mol. The van der Waals surface area contributed by atoms with Crippen LogP contribution < -0.4 is 10.6 Å². The van der Waals surface area contributed by atoms with Crippen LogP contribution in [-0.4, -0.2) is 31.3 Å². The Morgan fingerprint density at radius 1 is 0.706 bits per heavy atom. The molecule has 12 heteroatoms. The van der Waals surface area contributed by atoms with Crippen LogP contribution in [0.2, 0.25) is 10.0 Å². The van der Waals surface area contributed by atoms with E-state index in [4.69, 9.17) is 32.2 Å². The summed E-state index contributed by atoms with van der Waals surface area (Å²) in [5.41, 5.74) is 7.18. The molecule has 0 fully saturated rings. The number of para-hydroxylation sites is 1. The Bertz CT molecular complexity index is 2560. The molecule has 0 aliphatic heterocycles. The highest BCUT2D eigenvalue weighted by Crippen LogP contribution is 2.33. The first-order chi connectivity index (χ1) is 24.8. The Morgan fingerprint density at radius 3 is 1.96 bits per heavy atom. The highest BCUT2D eigenvalue weighted by atomic mass is 35.5. The molecule has 0 saturated heterocycles. The number of aromatic nitrogens is 4. The van der Waals surface area contributed by atoms with Crippen molar-refractivity contribution in [3.05, 3.63) is 154 Å². The van der Waals surface area contributed by atoms with E-state index in [0.717, 1.165) is 32.9 Å². The minimum absolute atomic E-state index is 0.0522. The lowest BCUT2D eigenvalue weighted by atomic mass is 10.1. The Balaban J connectivity index is 1.08. The van der Waals surface area contributed by atoms with E-state index in [2.05, 4.69) is 25.5 Å². The van der Waals surface area contributed by atoms with E-state index in [1.54, 1.807) is 13.0 Å². The zero-order chi connectivity index (χ0) is 35.1. The van der Waals surface area contributed by atoms with Gasteiger partial charge in [-0.15, -0.1) is 0 Å². The summed E-state index contributed by atoms with van der Waals surface area (Å²) in [6.45, 7) is 2.85. The topological polar surface area (TPSA) is 120 Å². The van der Waals surface area contributed by atoms with Crippen molar-refractivity contribution in [2.45, 2.75) is 20.0 Å². The van der Waals surface area contributed by atoms with Gasteiger partial charge >= 0.3 is 0 Å². The minimum atomic E-state index is -0.435. The maximum atomic E-state index is 13.5. The maximum absolute atomic E-state index is 13.5. The van der Waals surface area contributed by atoms with Crippen LogP contribution in [0, 0.1) is 6.92 Å². The number of rotatable bonds is 9. The first-order valence-electron chi connectivity index (χ1n) is 16.0. The molecule has 4 aromatic heterocycles. The van der Waals surface area contributed by atoms with Gasteiger partial charge in [0.2, 0.25) is 5.76 Å². The molecule has 0 aliphatic rings. The van der Waals surface area contributed by atoms with Gasteiger partial charge in [0, 0.05) is 57.9 Å². The molecular formula is C39H28Cl2N6O4. The number of nitrogens with zero attached hydrogens (tertiary/aromatic N) is 4. The van der Waals surface area contributed by atoms with Crippen molar-refractivity contribution in [1.29, 1.82) is 0 Å². The quantitative estimate of drug-likeness (QED) is 0.154. The summed E-state index contributed by atoms with van der Waals surface area (Å²) < 4.78 is 14.7. The fourth-order valence-corrected chi connectivity index (χ4v) is 6.39. The van der Waals surface area contributed by atoms with Crippen molar-refractivity contribution in [2.75, 3.05) is 10.6 Å². The number of benzene rings is 4. The van der Waals surface area contributed by atoms with Crippen molar-refractivity contribution < 1.29 is 18.6 Å². The van der Waals surface area contributed by atoms with Crippen molar-refractivity contribution in [3.63, 3.8) is 0 Å². The summed E-state index contributed by atoms with van der Waals surface area (Å²) in [5.74, 6) is -0.730. The van der Waals surface area contributed by atoms with Gasteiger partial charge in [-0.1, -0.05) is 82.0 Å². The number of halogens is 2. The van der Waals surface area contributed by atoms with Crippen LogP contribution in [0.4, 0.5) is 11.4 Å². The number of hydrogen-bond acceptors (Lipinski definition) is 6. The predicted octanol–water partition coefficient (Wildman–Crippen LogP) is 9.46. The first-order valence-corrected chi connectivity index (χ1v) is 16.7. The van der Waals surface area contributed by atoms with Gasteiger partial charge in [0.1, 0.15) is 17.5 Å². The van der Waals surface area contributed by atoms with Gasteiger partial charge in [-0.25, -0.2) is 0 Å². The van der Waals surface area contributed by atoms with Gasteiger partial charge in [0.25, 0.3) is 11.8 Å². The van der Waals surface area contributed by atoms with E-state index in [0.29, 0.717) is 57.0 Å². The molecule has 0 radical (unpaired) electrons. The molecule has 0 saturated carbocycles. The molecule has 10 nitrogen and oxygen atoms in total. The van der Waals surface area contributed by atoms with Crippen LogP contribution in [0.15, 0.2) is 125 Å². The molecule has 2 amide bonds. The van der Waals surface area contributed by atoms with E-state index in [9.17, 15) is 9.59 Å². The fourth-order valence-electron chi connectivity index (χ4n) is 6.14. The summed E-state index contributed by atoms with van der Waals surface area (Å²) >= 11 is 12.2. The molecule has 4 aromatic carbocycles. The Hall–Kier alpha value is -6.10. The second-order valence-corrected chi connectivity index (χ2v) is 13.0. The summed E-state index contributed by atoms with van der Waals surface area (Å²) in [5, 5.41) is 17.1. The lowest BCUT2D eigenvalue weighted by Crippen LogP contribution is -2.12. The van der Waals surface area contributed by atoms with Gasteiger partial charge < -0.3 is 28.8 Å². The molecule has 252 valence electrons. The lowest BCUT2D eigenvalue weighted by Gasteiger charge is -2.06. The van der Waals surface area contributed by atoms with Crippen molar-refractivity contribution in [3.8, 4) is 11.3 Å². The van der Waals surface area contributed by atoms with Gasteiger partial charge in [0.05, 0.1) is 28.1 Å². The number of hydrogen-bond donors (Lipinski definition) is 2. The molecule has 0 aliphatic carbocycles. The SMILES string of the molecule is Cc1nocc1C(=O)Nc1cn(Cc2ccc(Cl)cc2)c2ccc(-c3cc(C(=O)Nc4cn(Cc5ccc(Cl)cc5)c5ccccc45)on3)cc12. The smallest absolute Gasteiger partial charge is 0.294 e. The second kappa shape index (κ2) is 13.3. The second-order valence-electron chi connectivity index (χ2n) is 12.1. The average Bonchev–Trinajstić information content (AvgIpc) is 3.94. The first kappa shape index (κ1) is 32.1. The molecule has 0 bridgehead atoms. The highest BCUT2D eigenvalue weighted by molar-refractivity contribution is 6.30. The number of aryl methyl sites for hydroxylation is 1. The standard InChI is InChI=1S/C39H28Cl2N6O4/c1-23-31(22-50-44-23)38(48)42-34-21-47(19-25-8-13-28(41)14-9-25)36-15-10-26(16-30(34)36)32-17-37(51-45-32)39(49)43-33-20-46(35-5-3-2-4-29(33)35)18-24-6-11-27(40)12-7-24/h2-17,20-22H,18-19H2,1H3,(H,42,48)(H,43,49). The highest BCUT2D eigenvalue weighted by Gasteiger charge is 2.20. The Labute approximate surface area is 301 Å². The van der Waals surface area contributed by atoms with Crippen molar-refractivity contribution >= 4 is 68.2 Å². The summed E-state index contributed by atoms with van der Waals surface area (Å²) in [7, 11) is 0. The lowest BCUT2D eigenvalue weighted by molar-refractivity contribution is 0.0986. The summed E-state index contributed by atoms with van der Waals surface area (Å²) in [6.07, 6.45) is 5.12. The van der Waals surface area contributed by atoms with Crippen molar-refractivity contribution in [1.82, 2.24) is 19.4 Å². The Kier molecular flexibility index (Phi) is 8.39. The molecule has 0 atom stereocenters. The summed E-state index contributed by atoms with van der Waals surface area (Å²) in [6, 6.07) is 30.5. The van der Waals surface area contributed by atoms with Crippen LogP contribution in [0.25, 0.3) is 33.1 Å². The molecule has 51 heavy (non-hydrogen) atoms. The number of amides is 2. The van der Waals surface area contributed by atoms with Gasteiger partial charge in [0.15, 0.2) is 0 Å². The number of carbonyl (C=O) groups excluding carboxylic acids is 2. The average molecular weight is 716 g/mol. The van der Waals surface area contributed by atoms with Gasteiger partial charge in [-0.05, 0) is 60.5 Å². The predicted molar refractivity (Wildman–Crippen MR) is 198 cm³/mol. The minimum Gasteiger partial charge on any atom is -0.364 e. The molecular weight excluding hydrogens is 687 g/mol. The van der Waals surface area contributed by atoms with Crippen LogP contribution in [0.1, 0.15) is 37.7 Å². The fraction of sp³-hybridized carbons (Fsp3) is 0.0769. The number of carbonyl (C=O) groups is 2. The largest absolute Gasteiger partial charge is 0.364 e. The van der Waals surface area contributed by atoms with E-state index in [-0.39, 0.29) is 11.7 Å². The van der Waals surface area contributed by atoms with Crippen LogP contribution in [0.5, 0.6) is 0 Å². The number of fused-ring (bicyclic) bond motifs is 2.